The van der Waals surface area contributed by atoms with Crippen molar-refractivity contribution < 1.29 is 18.3 Å². The fraction of sp³-hybridized carbons (Fsp3) is 0.333. The van der Waals surface area contributed by atoms with Crippen molar-refractivity contribution in [2.24, 2.45) is 0 Å². The van der Waals surface area contributed by atoms with Gasteiger partial charge in [-0.2, -0.15) is 0 Å². The number of pyridine rings is 1. The fourth-order valence-corrected chi connectivity index (χ4v) is 3.80. The van der Waals surface area contributed by atoms with Crippen molar-refractivity contribution >= 4 is 26.9 Å². The molecular weight excluding hydrogens is 304 g/mol. The van der Waals surface area contributed by atoms with Crippen LogP contribution in [0, 0.1) is 0 Å². The predicted octanol–water partition coefficient (Wildman–Crippen LogP) is 2.16. The molecule has 0 radical (unpaired) electrons. The lowest BCUT2D eigenvalue weighted by atomic mass is 10.0. The van der Waals surface area contributed by atoms with Crippen molar-refractivity contribution in [3.63, 3.8) is 0 Å². The van der Waals surface area contributed by atoms with Gasteiger partial charge in [-0.25, -0.2) is 13.1 Å². The molecule has 0 aliphatic carbocycles. The van der Waals surface area contributed by atoms with Crippen LogP contribution in [0.4, 0.5) is 0 Å². The van der Waals surface area contributed by atoms with Crippen LogP contribution in [0.15, 0.2) is 41.4 Å². The predicted molar refractivity (Wildman–Crippen MR) is 83.0 cm³/mol. The van der Waals surface area contributed by atoms with Crippen molar-refractivity contribution in [2.45, 2.75) is 37.1 Å². The van der Waals surface area contributed by atoms with Crippen LogP contribution in [0.3, 0.4) is 0 Å². The van der Waals surface area contributed by atoms with E-state index in [1.54, 1.807) is 38.1 Å². The van der Waals surface area contributed by atoms with E-state index in [0.29, 0.717) is 5.52 Å². The number of carboxylic acids is 1. The second-order valence-corrected chi connectivity index (χ2v) is 7.37. The van der Waals surface area contributed by atoms with Crippen molar-refractivity contribution in [3.8, 4) is 0 Å². The van der Waals surface area contributed by atoms with Gasteiger partial charge in [0.1, 0.15) is 4.90 Å². The minimum atomic E-state index is -3.80. The Balaban J connectivity index is 2.35. The number of nitrogens with zero attached hydrogens (tertiary/aromatic N) is 1. The third kappa shape index (κ3) is 3.80. The van der Waals surface area contributed by atoms with E-state index in [9.17, 15) is 13.2 Å². The van der Waals surface area contributed by atoms with Crippen molar-refractivity contribution in [3.05, 3.63) is 36.5 Å². The number of rotatable bonds is 6. The molecule has 0 saturated heterocycles. The van der Waals surface area contributed by atoms with Gasteiger partial charge in [0.15, 0.2) is 0 Å². The highest BCUT2D eigenvalue weighted by molar-refractivity contribution is 7.89. The van der Waals surface area contributed by atoms with E-state index < -0.39 is 21.5 Å². The molecule has 0 aliphatic heterocycles. The minimum absolute atomic E-state index is 0.0917. The molecular formula is C15H18N2O4S. The molecule has 22 heavy (non-hydrogen) atoms. The summed E-state index contributed by atoms with van der Waals surface area (Å²) in [4.78, 5) is 14.9. The number of sulfonamides is 1. The first-order valence-corrected chi connectivity index (χ1v) is 8.29. The summed E-state index contributed by atoms with van der Waals surface area (Å²) in [7, 11) is -3.80. The Morgan fingerprint density at radius 2 is 1.95 bits per heavy atom. The number of aromatic nitrogens is 1. The van der Waals surface area contributed by atoms with Crippen LogP contribution in [-0.2, 0) is 14.8 Å². The molecule has 0 saturated carbocycles. The Hall–Kier alpha value is -1.99. The second-order valence-electron chi connectivity index (χ2n) is 5.71. The minimum Gasteiger partial charge on any atom is -0.481 e. The Labute approximate surface area is 129 Å². The lowest BCUT2D eigenvalue weighted by Gasteiger charge is -2.25. The SMILES string of the molecule is CC(C)(CCC(=O)O)NS(=O)(=O)c1cccc2cccnc12. The van der Waals surface area contributed by atoms with Gasteiger partial charge in [0.05, 0.1) is 5.52 Å². The maximum absolute atomic E-state index is 12.6. The number of hydrogen-bond acceptors (Lipinski definition) is 4. The van der Waals surface area contributed by atoms with Crippen LogP contribution >= 0.6 is 0 Å². The summed E-state index contributed by atoms with van der Waals surface area (Å²) in [5, 5.41) is 9.48. The summed E-state index contributed by atoms with van der Waals surface area (Å²) < 4.78 is 27.8. The maximum Gasteiger partial charge on any atom is 0.303 e. The van der Waals surface area contributed by atoms with Crippen LogP contribution in [0.5, 0.6) is 0 Å². The second kappa shape index (κ2) is 6.02. The molecule has 1 heterocycles. The number of hydrogen-bond donors (Lipinski definition) is 2. The molecule has 1 aromatic heterocycles. The van der Waals surface area contributed by atoms with Gasteiger partial charge in [-0.3, -0.25) is 9.78 Å². The standard InChI is InChI=1S/C15H18N2O4S/c1-15(2,9-8-13(18)19)17-22(20,21)12-7-3-5-11-6-4-10-16-14(11)12/h3-7,10,17H,8-9H2,1-2H3,(H,18,19). The highest BCUT2D eigenvalue weighted by Crippen LogP contribution is 2.23. The van der Waals surface area contributed by atoms with E-state index in [-0.39, 0.29) is 17.7 Å². The molecule has 0 spiro atoms. The first-order chi connectivity index (χ1) is 10.2. The number of carboxylic acid groups (broad SMARTS) is 1. The van der Waals surface area contributed by atoms with E-state index in [1.807, 2.05) is 0 Å². The van der Waals surface area contributed by atoms with Gasteiger partial charge in [-0.1, -0.05) is 18.2 Å². The van der Waals surface area contributed by atoms with Crippen LogP contribution in [0.1, 0.15) is 26.7 Å². The first-order valence-electron chi connectivity index (χ1n) is 6.81. The summed E-state index contributed by atoms with van der Waals surface area (Å²) >= 11 is 0. The number of nitrogens with one attached hydrogen (secondary N) is 1. The molecule has 0 aliphatic rings. The molecule has 0 amide bonds. The van der Waals surface area contributed by atoms with E-state index in [1.165, 1.54) is 12.3 Å². The Morgan fingerprint density at radius 1 is 1.27 bits per heavy atom. The average Bonchev–Trinajstić information content (AvgIpc) is 2.43. The van der Waals surface area contributed by atoms with Gasteiger partial charge < -0.3 is 5.11 Å². The average molecular weight is 322 g/mol. The lowest BCUT2D eigenvalue weighted by Crippen LogP contribution is -2.43. The maximum atomic E-state index is 12.6. The molecule has 2 rings (SSSR count). The normalized spacial score (nSPS) is 12.5. The van der Waals surface area contributed by atoms with Crippen LogP contribution in [0.25, 0.3) is 10.9 Å². The lowest BCUT2D eigenvalue weighted by molar-refractivity contribution is -0.137. The number of aliphatic carboxylic acids is 1. The number of para-hydroxylation sites is 1. The third-order valence-electron chi connectivity index (χ3n) is 3.26. The van der Waals surface area contributed by atoms with Gasteiger partial charge in [-0.15, -0.1) is 0 Å². The molecule has 2 N–H and O–H groups in total. The number of fused-ring (bicyclic) bond motifs is 1. The molecule has 1 aromatic carbocycles. The number of carbonyl (C=O) groups is 1. The summed E-state index contributed by atoms with van der Waals surface area (Å²) in [6.45, 7) is 3.32. The zero-order chi connectivity index (χ0) is 16.4. The van der Waals surface area contributed by atoms with E-state index >= 15 is 0 Å². The molecule has 0 atom stereocenters. The Kier molecular flexibility index (Phi) is 4.48. The van der Waals surface area contributed by atoms with Crippen molar-refractivity contribution in [2.75, 3.05) is 0 Å². The summed E-state index contributed by atoms with van der Waals surface area (Å²) in [6, 6.07) is 8.46. The molecule has 0 bridgehead atoms. The molecule has 2 aromatic rings. The Morgan fingerprint density at radius 3 is 2.64 bits per heavy atom. The molecule has 0 fully saturated rings. The zero-order valence-electron chi connectivity index (χ0n) is 12.4. The van der Waals surface area contributed by atoms with E-state index in [2.05, 4.69) is 9.71 Å². The van der Waals surface area contributed by atoms with Crippen LogP contribution in [0.2, 0.25) is 0 Å². The zero-order valence-corrected chi connectivity index (χ0v) is 13.2. The van der Waals surface area contributed by atoms with Gasteiger partial charge in [0.2, 0.25) is 10.0 Å². The van der Waals surface area contributed by atoms with Crippen LogP contribution < -0.4 is 4.72 Å². The van der Waals surface area contributed by atoms with Crippen LogP contribution in [-0.4, -0.2) is 30.0 Å². The summed E-state index contributed by atoms with van der Waals surface area (Å²) in [5.41, 5.74) is -0.472. The topological polar surface area (TPSA) is 96.4 Å². The van der Waals surface area contributed by atoms with Gasteiger partial charge in [0, 0.05) is 23.5 Å². The molecule has 7 heteroatoms. The highest BCUT2D eigenvalue weighted by Gasteiger charge is 2.28. The van der Waals surface area contributed by atoms with Crippen molar-refractivity contribution in [1.29, 1.82) is 0 Å². The monoisotopic (exact) mass is 322 g/mol. The number of benzene rings is 1. The summed E-state index contributed by atoms with van der Waals surface area (Å²) in [6.07, 6.45) is 1.62. The van der Waals surface area contributed by atoms with Gasteiger partial charge in [0.25, 0.3) is 0 Å². The van der Waals surface area contributed by atoms with Gasteiger partial charge >= 0.3 is 5.97 Å². The summed E-state index contributed by atoms with van der Waals surface area (Å²) in [5.74, 6) is -0.959. The van der Waals surface area contributed by atoms with Crippen molar-refractivity contribution in [1.82, 2.24) is 9.71 Å². The largest absolute Gasteiger partial charge is 0.481 e. The Bertz CT molecular complexity index is 795. The van der Waals surface area contributed by atoms with E-state index in [0.717, 1.165) is 5.39 Å². The van der Waals surface area contributed by atoms with E-state index in [4.69, 9.17) is 5.11 Å². The fourth-order valence-electron chi connectivity index (χ4n) is 2.18. The molecule has 0 unspecified atom stereocenters. The molecule has 6 nitrogen and oxygen atoms in total. The third-order valence-corrected chi connectivity index (χ3v) is 4.99. The smallest absolute Gasteiger partial charge is 0.303 e. The highest BCUT2D eigenvalue weighted by atomic mass is 32.2. The quantitative estimate of drug-likeness (QED) is 0.849. The van der Waals surface area contributed by atoms with Gasteiger partial charge in [-0.05, 0) is 32.4 Å². The first kappa shape index (κ1) is 16.4. The molecule has 118 valence electrons.